The van der Waals surface area contributed by atoms with Gasteiger partial charge in [0.2, 0.25) is 0 Å². The molecule has 1 atom stereocenters. The number of phenols is 1. The lowest BCUT2D eigenvalue weighted by Gasteiger charge is -2.10. The van der Waals surface area contributed by atoms with Crippen LogP contribution in [0.2, 0.25) is 0 Å². The molecular formula is C22H38BrOP. The zero-order valence-electron chi connectivity index (χ0n) is 16.2. The quantitative estimate of drug-likeness (QED) is 0.207. The summed E-state index contributed by atoms with van der Waals surface area (Å²) in [6.45, 7) is 2.06. The summed E-state index contributed by atoms with van der Waals surface area (Å²) in [4.78, 5) is 0. The Morgan fingerprint density at radius 2 is 1.08 bits per heavy atom. The third-order valence-electron chi connectivity index (χ3n) is 4.84. The number of phenolic OH excluding ortho intramolecular Hbond substituents is 1. The Morgan fingerprint density at radius 1 is 0.680 bits per heavy atom. The molecule has 0 radical (unpaired) electrons. The first-order valence-electron chi connectivity index (χ1n) is 10.5. The smallest absolute Gasteiger partial charge is 0.115 e. The van der Waals surface area contributed by atoms with Crippen molar-refractivity contribution >= 4 is 27.4 Å². The van der Waals surface area contributed by atoms with Crippen LogP contribution in [0.15, 0.2) is 24.3 Å². The standard InChI is InChI=1S/C22H38BrOP/c1-2-3-4-5-6-7-8-9-10-11-12-13-14-15-20-25(23)22-18-16-21(24)17-19-22/h16-19,24H,2-15,20H2,1H3. The summed E-state index contributed by atoms with van der Waals surface area (Å²) < 4.78 is 0. The van der Waals surface area contributed by atoms with E-state index in [1.54, 1.807) is 12.1 Å². The molecule has 1 rings (SSSR count). The molecular weight excluding hydrogens is 391 g/mol. The molecule has 0 bridgehead atoms. The first-order chi connectivity index (χ1) is 12.2. The maximum absolute atomic E-state index is 9.34. The number of hydrogen-bond donors (Lipinski definition) is 1. The van der Waals surface area contributed by atoms with Gasteiger partial charge < -0.3 is 5.11 Å². The van der Waals surface area contributed by atoms with Gasteiger partial charge in [0.1, 0.15) is 5.75 Å². The number of benzene rings is 1. The van der Waals surface area contributed by atoms with Gasteiger partial charge in [-0.15, -0.1) is 0 Å². The topological polar surface area (TPSA) is 20.2 Å². The molecule has 3 heteroatoms. The second-order valence-corrected chi connectivity index (χ2v) is 11.5. The van der Waals surface area contributed by atoms with E-state index in [-0.39, 0.29) is 6.62 Å². The summed E-state index contributed by atoms with van der Waals surface area (Å²) in [6, 6.07) is 7.66. The van der Waals surface area contributed by atoms with Gasteiger partial charge in [-0.05, 0) is 36.6 Å². The second kappa shape index (κ2) is 16.1. The van der Waals surface area contributed by atoms with Crippen LogP contribution in [0.4, 0.5) is 0 Å². The van der Waals surface area contributed by atoms with Gasteiger partial charge in [-0.25, -0.2) is 0 Å². The summed E-state index contributed by atoms with van der Waals surface area (Å²) >= 11 is 3.83. The Balaban J connectivity index is 1.83. The van der Waals surface area contributed by atoms with Crippen LogP contribution in [0.5, 0.6) is 5.75 Å². The van der Waals surface area contributed by atoms with E-state index in [2.05, 4.69) is 22.4 Å². The van der Waals surface area contributed by atoms with Crippen molar-refractivity contribution in [3.05, 3.63) is 24.3 Å². The van der Waals surface area contributed by atoms with Crippen molar-refractivity contribution in [3.63, 3.8) is 0 Å². The average Bonchev–Trinajstić information content (AvgIpc) is 2.62. The molecule has 1 unspecified atom stereocenters. The number of hydrogen-bond acceptors (Lipinski definition) is 1. The molecule has 0 fully saturated rings. The van der Waals surface area contributed by atoms with Crippen LogP contribution >= 0.6 is 22.1 Å². The molecule has 1 N–H and O–H groups in total. The van der Waals surface area contributed by atoms with Gasteiger partial charge in [-0.3, -0.25) is 0 Å². The minimum Gasteiger partial charge on any atom is -0.508 e. The van der Waals surface area contributed by atoms with Crippen molar-refractivity contribution in [2.45, 2.75) is 96.8 Å². The van der Waals surface area contributed by atoms with Gasteiger partial charge in [0, 0.05) is 0 Å². The average molecular weight is 429 g/mol. The Bertz CT molecular complexity index is 407. The fourth-order valence-electron chi connectivity index (χ4n) is 3.19. The summed E-state index contributed by atoms with van der Waals surface area (Å²) in [5.74, 6) is 0.358. The molecule has 0 aliphatic carbocycles. The Labute approximate surface area is 165 Å². The second-order valence-electron chi connectivity index (χ2n) is 7.20. The van der Waals surface area contributed by atoms with Gasteiger partial charge in [-0.1, -0.05) is 118 Å². The van der Waals surface area contributed by atoms with E-state index in [1.165, 1.54) is 101 Å². The highest BCUT2D eigenvalue weighted by Gasteiger charge is 2.06. The fraction of sp³-hybridized carbons (Fsp3) is 0.727. The van der Waals surface area contributed by atoms with E-state index in [9.17, 15) is 5.11 Å². The van der Waals surface area contributed by atoms with Crippen LogP contribution in [0.25, 0.3) is 0 Å². The summed E-state index contributed by atoms with van der Waals surface area (Å²) in [6.07, 6.45) is 21.1. The van der Waals surface area contributed by atoms with Gasteiger partial charge >= 0.3 is 0 Å². The third-order valence-corrected chi connectivity index (χ3v) is 8.70. The number of unbranched alkanes of at least 4 members (excludes halogenated alkanes) is 13. The van der Waals surface area contributed by atoms with Crippen LogP contribution in [-0.4, -0.2) is 11.3 Å². The van der Waals surface area contributed by atoms with Gasteiger partial charge in [0.15, 0.2) is 0 Å². The molecule has 0 aromatic heterocycles. The molecule has 1 nitrogen and oxygen atoms in total. The predicted octanol–water partition coefficient (Wildman–Crippen LogP) is 8.29. The molecule has 0 heterocycles. The van der Waals surface area contributed by atoms with Crippen molar-refractivity contribution in [1.82, 2.24) is 0 Å². The summed E-state index contributed by atoms with van der Waals surface area (Å²) in [5, 5.41) is 10.7. The van der Waals surface area contributed by atoms with Crippen LogP contribution in [0.1, 0.15) is 96.8 Å². The highest BCUT2D eigenvalue weighted by atomic mass is 79.9. The summed E-state index contributed by atoms with van der Waals surface area (Å²) in [7, 11) is 0. The molecule has 1 aromatic carbocycles. The van der Waals surface area contributed by atoms with E-state index in [1.807, 2.05) is 12.1 Å². The minimum atomic E-state index is -0.227. The Hall–Kier alpha value is -0.0700. The lowest BCUT2D eigenvalue weighted by molar-refractivity contribution is 0.475. The SMILES string of the molecule is CCCCCCCCCCCCCCCCP(Br)c1ccc(O)cc1. The van der Waals surface area contributed by atoms with E-state index in [0.29, 0.717) is 5.75 Å². The molecule has 0 aliphatic heterocycles. The highest BCUT2D eigenvalue weighted by molar-refractivity contribution is 9.40. The zero-order chi connectivity index (χ0) is 18.2. The number of halogens is 1. The van der Waals surface area contributed by atoms with Crippen molar-refractivity contribution < 1.29 is 5.11 Å². The van der Waals surface area contributed by atoms with E-state index >= 15 is 0 Å². The maximum Gasteiger partial charge on any atom is 0.115 e. The first-order valence-corrected chi connectivity index (χ1v) is 14.0. The maximum atomic E-state index is 9.34. The number of rotatable bonds is 16. The van der Waals surface area contributed by atoms with Crippen molar-refractivity contribution in [3.8, 4) is 5.75 Å². The molecule has 25 heavy (non-hydrogen) atoms. The fourth-order valence-corrected chi connectivity index (χ4v) is 5.88. The lowest BCUT2D eigenvalue weighted by atomic mass is 10.0. The van der Waals surface area contributed by atoms with Crippen molar-refractivity contribution in [2.24, 2.45) is 0 Å². The van der Waals surface area contributed by atoms with Gasteiger partial charge in [0.25, 0.3) is 0 Å². The molecule has 0 saturated heterocycles. The van der Waals surface area contributed by atoms with Crippen LogP contribution in [-0.2, 0) is 0 Å². The van der Waals surface area contributed by atoms with E-state index in [0.717, 1.165) is 0 Å². The van der Waals surface area contributed by atoms with Crippen LogP contribution in [0.3, 0.4) is 0 Å². The molecule has 0 amide bonds. The monoisotopic (exact) mass is 428 g/mol. The zero-order valence-corrected chi connectivity index (χ0v) is 18.7. The molecule has 144 valence electrons. The largest absolute Gasteiger partial charge is 0.508 e. The van der Waals surface area contributed by atoms with Crippen LogP contribution in [0, 0.1) is 0 Å². The highest BCUT2D eigenvalue weighted by Crippen LogP contribution is 2.44. The first kappa shape index (κ1) is 23.0. The van der Waals surface area contributed by atoms with E-state index < -0.39 is 0 Å². The predicted molar refractivity (Wildman–Crippen MR) is 119 cm³/mol. The Morgan fingerprint density at radius 3 is 1.52 bits per heavy atom. The van der Waals surface area contributed by atoms with Gasteiger partial charge in [-0.2, -0.15) is 0 Å². The van der Waals surface area contributed by atoms with Gasteiger partial charge in [0.05, 0.1) is 0 Å². The molecule has 1 aromatic rings. The molecule has 0 saturated carbocycles. The third kappa shape index (κ3) is 12.8. The Kier molecular flexibility index (Phi) is 14.8. The molecule has 0 aliphatic rings. The minimum absolute atomic E-state index is 0.227. The van der Waals surface area contributed by atoms with Crippen LogP contribution < -0.4 is 5.30 Å². The lowest BCUT2D eigenvalue weighted by Crippen LogP contribution is -1.98. The normalized spacial score (nSPS) is 12.4. The molecule has 0 spiro atoms. The van der Waals surface area contributed by atoms with Crippen molar-refractivity contribution in [2.75, 3.05) is 6.16 Å². The van der Waals surface area contributed by atoms with E-state index in [4.69, 9.17) is 0 Å². The number of aromatic hydroxyl groups is 1. The summed E-state index contributed by atoms with van der Waals surface area (Å²) in [5.41, 5.74) is 0. The van der Waals surface area contributed by atoms with Crippen molar-refractivity contribution in [1.29, 1.82) is 0 Å².